The Hall–Kier alpha value is -0.970. The fourth-order valence-electron chi connectivity index (χ4n) is 1.14. The first-order valence-electron chi connectivity index (χ1n) is 4.12. The van der Waals surface area contributed by atoms with Crippen LogP contribution < -0.4 is 16.2 Å². The normalized spacial score (nSPS) is 12.6. The average molecular weight is 217 g/mol. The molecule has 4 nitrogen and oxygen atoms in total. The van der Waals surface area contributed by atoms with Crippen molar-refractivity contribution in [3.8, 4) is 11.5 Å². The van der Waals surface area contributed by atoms with Crippen molar-refractivity contribution in [2.24, 2.45) is 11.5 Å². The van der Waals surface area contributed by atoms with Crippen molar-refractivity contribution in [2.45, 2.75) is 6.04 Å². The molecule has 1 atom stereocenters. The van der Waals surface area contributed by atoms with Gasteiger partial charge in [-0.05, 0) is 6.07 Å². The number of hydrogen-bond donors (Lipinski definition) is 3. The summed E-state index contributed by atoms with van der Waals surface area (Å²) in [5, 5.41) is 9.98. The van der Waals surface area contributed by atoms with Gasteiger partial charge in [0.1, 0.15) is 11.5 Å². The van der Waals surface area contributed by atoms with Crippen LogP contribution in [-0.2, 0) is 0 Å². The van der Waals surface area contributed by atoms with E-state index in [4.69, 9.17) is 27.8 Å². The summed E-state index contributed by atoms with van der Waals surface area (Å²) >= 11 is 5.87. The molecule has 0 aliphatic carbocycles. The van der Waals surface area contributed by atoms with Crippen molar-refractivity contribution in [3.63, 3.8) is 0 Å². The van der Waals surface area contributed by atoms with Crippen LogP contribution >= 0.6 is 11.6 Å². The highest BCUT2D eigenvalue weighted by atomic mass is 35.5. The summed E-state index contributed by atoms with van der Waals surface area (Å²) in [4.78, 5) is 0. The second kappa shape index (κ2) is 4.50. The number of benzene rings is 1. The molecule has 0 aliphatic rings. The summed E-state index contributed by atoms with van der Waals surface area (Å²) in [5.41, 5.74) is 11.6. The number of phenols is 1. The van der Waals surface area contributed by atoms with Crippen molar-refractivity contribution in [1.29, 1.82) is 0 Å². The molecule has 0 aliphatic heterocycles. The first-order valence-corrected chi connectivity index (χ1v) is 4.50. The van der Waals surface area contributed by atoms with Gasteiger partial charge in [0.25, 0.3) is 0 Å². The summed E-state index contributed by atoms with van der Waals surface area (Å²) in [6, 6.07) is 2.57. The summed E-state index contributed by atoms with van der Waals surface area (Å²) in [6.07, 6.45) is 0. The van der Waals surface area contributed by atoms with Crippen LogP contribution in [0.2, 0.25) is 5.02 Å². The van der Waals surface area contributed by atoms with Gasteiger partial charge in [0.05, 0.1) is 12.1 Å². The first kappa shape index (κ1) is 11.1. The Kier molecular flexibility index (Phi) is 3.57. The molecule has 0 saturated carbocycles. The average Bonchev–Trinajstić information content (AvgIpc) is 2.19. The minimum atomic E-state index is -0.418. The second-order valence-corrected chi connectivity index (χ2v) is 3.29. The van der Waals surface area contributed by atoms with E-state index in [1.165, 1.54) is 13.2 Å². The zero-order valence-corrected chi connectivity index (χ0v) is 8.58. The van der Waals surface area contributed by atoms with E-state index < -0.39 is 6.04 Å². The summed E-state index contributed by atoms with van der Waals surface area (Å²) < 4.78 is 4.93. The number of nitrogens with two attached hydrogens (primary N) is 2. The number of methoxy groups -OCH3 is 1. The van der Waals surface area contributed by atoms with Crippen molar-refractivity contribution < 1.29 is 9.84 Å². The van der Waals surface area contributed by atoms with Crippen molar-refractivity contribution in [1.82, 2.24) is 0 Å². The topological polar surface area (TPSA) is 81.5 Å². The Morgan fingerprint density at radius 2 is 2.21 bits per heavy atom. The van der Waals surface area contributed by atoms with E-state index in [1.54, 1.807) is 6.07 Å². The Morgan fingerprint density at radius 1 is 1.57 bits per heavy atom. The Balaban J connectivity index is 3.14. The lowest BCUT2D eigenvalue weighted by Crippen LogP contribution is -2.20. The summed E-state index contributed by atoms with van der Waals surface area (Å²) in [6.45, 7) is 0.246. The predicted octanol–water partition coefficient (Wildman–Crippen LogP) is 1.01. The molecule has 78 valence electrons. The molecule has 1 unspecified atom stereocenters. The Morgan fingerprint density at radius 3 is 2.71 bits per heavy atom. The van der Waals surface area contributed by atoms with Gasteiger partial charge in [-0.25, -0.2) is 0 Å². The van der Waals surface area contributed by atoms with E-state index in [0.717, 1.165) is 0 Å². The van der Waals surface area contributed by atoms with E-state index in [0.29, 0.717) is 16.3 Å². The third-order valence-corrected chi connectivity index (χ3v) is 2.25. The molecule has 14 heavy (non-hydrogen) atoms. The highest BCUT2D eigenvalue weighted by Crippen LogP contribution is 2.33. The minimum absolute atomic E-state index is 0.0456. The molecule has 5 heteroatoms. The highest BCUT2D eigenvalue weighted by molar-refractivity contribution is 6.32. The molecule has 0 saturated heterocycles. The van der Waals surface area contributed by atoms with Gasteiger partial charge in [-0.1, -0.05) is 11.6 Å². The van der Waals surface area contributed by atoms with Crippen LogP contribution in [0.25, 0.3) is 0 Å². The lowest BCUT2D eigenvalue weighted by atomic mass is 10.1. The molecule has 0 radical (unpaired) electrons. The molecule has 1 rings (SSSR count). The van der Waals surface area contributed by atoms with Crippen LogP contribution in [0.1, 0.15) is 11.6 Å². The summed E-state index contributed by atoms with van der Waals surface area (Å²) in [7, 11) is 1.48. The van der Waals surface area contributed by atoms with Crippen LogP contribution in [0.5, 0.6) is 11.5 Å². The van der Waals surface area contributed by atoms with Crippen molar-refractivity contribution >= 4 is 11.6 Å². The molecular weight excluding hydrogens is 204 g/mol. The Labute approximate surface area is 87.4 Å². The van der Waals surface area contributed by atoms with E-state index in [9.17, 15) is 5.11 Å². The molecule has 0 heterocycles. The molecule has 0 spiro atoms. The number of ether oxygens (including phenoxy) is 1. The fourth-order valence-corrected chi connectivity index (χ4v) is 1.39. The Bertz CT molecular complexity index is 331. The monoisotopic (exact) mass is 216 g/mol. The SMILES string of the molecule is COc1cc(O)c(C(N)CN)cc1Cl. The van der Waals surface area contributed by atoms with Crippen molar-refractivity contribution in [2.75, 3.05) is 13.7 Å². The molecule has 0 fully saturated rings. The third kappa shape index (κ3) is 2.09. The zero-order valence-electron chi connectivity index (χ0n) is 7.83. The zero-order chi connectivity index (χ0) is 10.7. The van der Waals surface area contributed by atoms with Crippen LogP contribution in [0.4, 0.5) is 0 Å². The smallest absolute Gasteiger partial charge is 0.141 e. The maximum Gasteiger partial charge on any atom is 0.141 e. The largest absolute Gasteiger partial charge is 0.507 e. The summed E-state index contributed by atoms with van der Waals surface area (Å²) in [5.74, 6) is 0.460. The second-order valence-electron chi connectivity index (χ2n) is 2.89. The fraction of sp³-hybridized carbons (Fsp3) is 0.333. The van der Waals surface area contributed by atoms with Crippen molar-refractivity contribution in [3.05, 3.63) is 22.7 Å². The van der Waals surface area contributed by atoms with E-state index in [2.05, 4.69) is 0 Å². The molecule has 0 amide bonds. The highest BCUT2D eigenvalue weighted by Gasteiger charge is 2.13. The van der Waals surface area contributed by atoms with E-state index in [1.807, 2.05) is 0 Å². The quantitative estimate of drug-likeness (QED) is 0.705. The lowest BCUT2D eigenvalue weighted by molar-refractivity contribution is 0.405. The van der Waals surface area contributed by atoms with Crippen LogP contribution in [0.3, 0.4) is 0 Å². The van der Waals surface area contributed by atoms with Gasteiger partial charge < -0.3 is 21.3 Å². The number of phenolic OH excluding ortho intramolecular Hbond substituents is 1. The van der Waals surface area contributed by atoms with Gasteiger partial charge in [0, 0.05) is 24.2 Å². The van der Waals surface area contributed by atoms with Gasteiger partial charge in [0.15, 0.2) is 0 Å². The maximum atomic E-state index is 9.57. The third-order valence-electron chi connectivity index (χ3n) is 1.95. The number of halogens is 1. The van der Waals surface area contributed by atoms with Gasteiger partial charge in [-0.2, -0.15) is 0 Å². The lowest BCUT2D eigenvalue weighted by Gasteiger charge is -2.13. The maximum absolute atomic E-state index is 9.57. The van der Waals surface area contributed by atoms with Gasteiger partial charge in [0.2, 0.25) is 0 Å². The van der Waals surface area contributed by atoms with E-state index in [-0.39, 0.29) is 12.3 Å². The van der Waals surface area contributed by atoms with Crippen LogP contribution in [0, 0.1) is 0 Å². The standard InChI is InChI=1S/C9H13ClN2O2/c1-14-9-3-8(13)5(2-6(9)10)7(12)4-11/h2-3,7,13H,4,11-12H2,1H3. The molecular formula is C9H13ClN2O2. The molecule has 1 aromatic carbocycles. The first-order chi connectivity index (χ1) is 6.60. The van der Waals surface area contributed by atoms with Gasteiger partial charge in [-0.15, -0.1) is 0 Å². The van der Waals surface area contributed by atoms with Crippen LogP contribution in [-0.4, -0.2) is 18.8 Å². The van der Waals surface area contributed by atoms with Gasteiger partial charge >= 0.3 is 0 Å². The molecule has 0 bridgehead atoms. The molecule has 0 aromatic heterocycles. The van der Waals surface area contributed by atoms with E-state index >= 15 is 0 Å². The predicted molar refractivity (Wildman–Crippen MR) is 55.7 cm³/mol. The van der Waals surface area contributed by atoms with Gasteiger partial charge in [-0.3, -0.25) is 0 Å². The van der Waals surface area contributed by atoms with Crippen LogP contribution in [0.15, 0.2) is 12.1 Å². The number of aromatic hydroxyl groups is 1. The minimum Gasteiger partial charge on any atom is -0.507 e. The molecule has 1 aromatic rings. The number of rotatable bonds is 3. The number of hydrogen-bond acceptors (Lipinski definition) is 4. The molecule has 5 N–H and O–H groups in total.